The minimum atomic E-state index is -0.270. The molecule has 0 bridgehead atoms. The van der Waals surface area contributed by atoms with E-state index >= 15 is 0 Å². The molecule has 2 N–H and O–H groups in total. The second kappa shape index (κ2) is 7.67. The Hall–Kier alpha value is -3.03. The van der Waals surface area contributed by atoms with Crippen LogP contribution in [0.5, 0.6) is 0 Å². The second-order valence-electron chi connectivity index (χ2n) is 4.49. The quantitative estimate of drug-likeness (QED) is 0.709. The van der Waals surface area contributed by atoms with Crippen molar-refractivity contribution in [3.63, 3.8) is 0 Å². The van der Waals surface area contributed by atoms with Crippen molar-refractivity contribution in [1.82, 2.24) is 25.5 Å². The lowest BCUT2D eigenvalue weighted by atomic mass is 10.1. The third-order valence-electron chi connectivity index (χ3n) is 2.83. The highest BCUT2D eigenvalue weighted by atomic mass is 16.2. The number of carbonyl (C=O) groups is 2. The van der Waals surface area contributed by atoms with E-state index in [9.17, 15) is 9.59 Å². The maximum absolute atomic E-state index is 11.8. The van der Waals surface area contributed by atoms with Crippen LogP contribution in [0.1, 0.15) is 5.56 Å². The Morgan fingerprint density at radius 1 is 1.27 bits per heavy atom. The van der Waals surface area contributed by atoms with Crippen LogP contribution in [-0.2, 0) is 22.6 Å². The lowest BCUT2D eigenvalue weighted by Gasteiger charge is -2.06. The first-order valence-corrected chi connectivity index (χ1v) is 6.67. The van der Waals surface area contributed by atoms with E-state index in [2.05, 4.69) is 32.7 Å². The number of rotatable bonds is 7. The van der Waals surface area contributed by atoms with E-state index in [0.717, 1.165) is 5.56 Å². The summed E-state index contributed by atoms with van der Waals surface area (Å²) in [6, 6.07) is 7.06. The van der Waals surface area contributed by atoms with Crippen molar-refractivity contribution in [3.05, 3.63) is 48.8 Å². The van der Waals surface area contributed by atoms with Crippen LogP contribution in [0, 0.1) is 0 Å². The highest BCUT2D eigenvalue weighted by molar-refractivity contribution is 5.98. The molecule has 0 unspecified atom stereocenters. The van der Waals surface area contributed by atoms with Crippen LogP contribution in [0.3, 0.4) is 0 Å². The van der Waals surface area contributed by atoms with Gasteiger partial charge in [-0.15, -0.1) is 5.10 Å². The number of anilines is 1. The molecular formula is C14H16N6O2. The van der Waals surface area contributed by atoms with Gasteiger partial charge in [0, 0.05) is 12.2 Å². The highest BCUT2D eigenvalue weighted by Gasteiger charge is 2.04. The zero-order valence-electron chi connectivity index (χ0n) is 11.9. The van der Waals surface area contributed by atoms with E-state index in [0.29, 0.717) is 18.8 Å². The van der Waals surface area contributed by atoms with Crippen LogP contribution in [-0.4, -0.2) is 38.6 Å². The first-order valence-electron chi connectivity index (χ1n) is 6.67. The fourth-order valence-corrected chi connectivity index (χ4v) is 1.74. The third-order valence-corrected chi connectivity index (χ3v) is 2.83. The number of hydrogen-bond acceptors (Lipinski definition) is 5. The molecule has 0 saturated carbocycles. The van der Waals surface area contributed by atoms with Gasteiger partial charge in [-0.1, -0.05) is 18.7 Å². The van der Waals surface area contributed by atoms with Gasteiger partial charge < -0.3 is 10.6 Å². The normalized spacial score (nSPS) is 10.0. The Morgan fingerprint density at radius 2 is 2.05 bits per heavy atom. The van der Waals surface area contributed by atoms with E-state index < -0.39 is 0 Å². The van der Waals surface area contributed by atoms with Crippen LogP contribution in [0.15, 0.2) is 43.2 Å². The molecule has 0 atom stereocenters. The summed E-state index contributed by atoms with van der Waals surface area (Å²) in [7, 11) is 0. The maximum atomic E-state index is 11.8. The monoisotopic (exact) mass is 300 g/mol. The maximum Gasteiger partial charge on any atom is 0.247 e. The number of benzene rings is 1. The van der Waals surface area contributed by atoms with Crippen molar-refractivity contribution in [2.75, 3.05) is 11.9 Å². The Balaban J connectivity index is 1.76. The topological polar surface area (TPSA) is 102 Å². The summed E-state index contributed by atoms with van der Waals surface area (Å²) in [5.74, 6) is -0.357. The van der Waals surface area contributed by atoms with Gasteiger partial charge in [0.2, 0.25) is 11.8 Å². The Morgan fingerprint density at radius 3 is 2.68 bits per heavy atom. The number of nitrogens with one attached hydrogen (secondary N) is 2. The molecule has 0 saturated heterocycles. The molecule has 1 aromatic carbocycles. The molecule has 114 valence electrons. The SMILES string of the molecule is C=CC(=O)Nc1ccc(CC(=O)NCCn2cnnn2)cc1. The van der Waals surface area contributed by atoms with Crippen LogP contribution in [0.4, 0.5) is 5.69 Å². The minimum Gasteiger partial charge on any atom is -0.354 e. The summed E-state index contributed by atoms with van der Waals surface area (Å²) in [6.45, 7) is 4.36. The van der Waals surface area contributed by atoms with Crippen LogP contribution < -0.4 is 10.6 Å². The van der Waals surface area contributed by atoms with Gasteiger partial charge in [0.15, 0.2) is 0 Å². The van der Waals surface area contributed by atoms with Gasteiger partial charge in [0.1, 0.15) is 6.33 Å². The van der Waals surface area contributed by atoms with Gasteiger partial charge >= 0.3 is 0 Å². The summed E-state index contributed by atoms with van der Waals surface area (Å²) in [5, 5.41) is 16.1. The fourth-order valence-electron chi connectivity index (χ4n) is 1.74. The average molecular weight is 300 g/mol. The third kappa shape index (κ3) is 4.82. The first kappa shape index (κ1) is 15.4. The molecule has 0 aliphatic carbocycles. The summed E-state index contributed by atoms with van der Waals surface area (Å²) < 4.78 is 1.54. The van der Waals surface area contributed by atoms with Gasteiger partial charge in [-0.05, 0) is 34.2 Å². The second-order valence-corrected chi connectivity index (χ2v) is 4.49. The highest BCUT2D eigenvalue weighted by Crippen LogP contribution is 2.10. The van der Waals surface area contributed by atoms with Crippen molar-refractivity contribution in [2.24, 2.45) is 0 Å². The average Bonchev–Trinajstić information content (AvgIpc) is 3.02. The van der Waals surface area contributed by atoms with E-state index in [1.54, 1.807) is 24.3 Å². The smallest absolute Gasteiger partial charge is 0.247 e. The van der Waals surface area contributed by atoms with Crippen LogP contribution in [0.2, 0.25) is 0 Å². The number of carbonyl (C=O) groups excluding carboxylic acids is 2. The van der Waals surface area contributed by atoms with Crippen molar-refractivity contribution >= 4 is 17.5 Å². The van der Waals surface area contributed by atoms with E-state index in [4.69, 9.17) is 0 Å². The lowest BCUT2D eigenvalue weighted by molar-refractivity contribution is -0.120. The zero-order valence-corrected chi connectivity index (χ0v) is 11.9. The molecule has 1 aromatic heterocycles. The van der Waals surface area contributed by atoms with Crippen molar-refractivity contribution in [3.8, 4) is 0 Å². The molecule has 22 heavy (non-hydrogen) atoms. The van der Waals surface area contributed by atoms with Gasteiger partial charge in [-0.25, -0.2) is 4.68 Å². The Bertz CT molecular complexity index is 636. The van der Waals surface area contributed by atoms with Crippen molar-refractivity contribution < 1.29 is 9.59 Å². The van der Waals surface area contributed by atoms with Crippen molar-refractivity contribution in [2.45, 2.75) is 13.0 Å². The number of amides is 2. The zero-order chi connectivity index (χ0) is 15.8. The number of nitrogens with zero attached hydrogens (tertiary/aromatic N) is 4. The van der Waals surface area contributed by atoms with Crippen LogP contribution >= 0.6 is 0 Å². The van der Waals surface area contributed by atoms with Crippen molar-refractivity contribution in [1.29, 1.82) is 0 Å². The minimum absolute atomic E-state index is 0.0871. The molecule has 0 aliphatic heterocycles. The first-order chi connectivity index (χ1) is 10.7. The van der Waals surface area contributed by atoms with E-state index in [-0.39, 0.29) is 18.2 Å². The van der Waals surface area contributed by atoms with Crippen LogP contribution in [0.25, 0.3) is 0 Å². The molecule has 2 rings (SSSR count). The molecule has 8 heteroatoms. The van der Waals surface area contributed by atoms with Gasteiger partial charge in [0.05, 0.1) is 13.0 Å². The molecule has 0 spiro atoms. The summed E-state index contributed by atoms with van der Waals surface area (Å²) in [4.78, 5) is 22.9. The largest absolute Gasteiger partial charge is 0.354 e. The summed E-state index contributed by atoms with van der Waals surface area (Å²) in [6.07, 6.45) is 2.96. The molecule has 2 aromatic rings. The molecular weight excluding hydrogens is 284 g/mol. The van der Waals surface area contributed by atoms with Gasteiger partial charge in [-0.2, -0.15) is 0 Å². The molecule has 1 heterocycles. The van der Waals surface area contributed by atoms with E-state index in [1.807, 2.05) is 0 Å². The van der Waals surface area contributed by atoms with Gasteiger partial charge in [0.25, 0.3) is 0 Å². The van der Waals surface area contributed by atoms with E-state index in [1.165, 1.54) is 17.1 Å². The summed E-state index contributed by atoms with van der Waals surface area (Å²) in [5.41, 5.74) is 1.52. The van der Waals surface area contributed by atoms with Gasteiger partial charge in [-0.3, -0.25) is 9.59 Å². The fraction of sp³-hybridized carbons (Fsp3) is 0.214. The standard InChI is InChI=1S/C14H16N6O2/c1-2-13(21)17-12-5-3-11(4-6-12)9-14(22)15-7-8-20-10-16-18-19-20/h2-6,10H,1,7-9H2,(H,15,22)(H,17,21). The lowest BCUT2D eigenvalue weighted by Crippen LogP contribution is -2.28. The Labute approximate surface area is 127 Å². The molecule has 0 aliphatic rings. The molecule has 8 nitrogen and oxygen atoms in total. The summed E-state index contributed by atoms with van der Waals surface area (Å²) >= 11 is 0. The molecule has 0 radical (unpaired) electrons. The Kier molecular flexibility index (Phi) is 5.36. The predicted octanol–water partition coefficient (Wildman–Crippen LogP) is 0.156. The number of aromatic nitrogens is 4. The predicted molar refractivity (Wildman–Crippen MR) is 79.8 cm³/mol. The number of tetrazole rings is 1. The molecule has 0 fully saturated rings. The number of hydrogen-bond donors (Lipinski definition) is 2. The molecule has 2 amide bonds.